The molecule has 1 aliphatic carbocycles. The molecule has 0 radical (unpaired) electrons. The minimum atomic E-state index is -1.41. The number of ether oxygens (including phenoxy) is 1. The van der Waals surface area contributed by atoms with E-state index in [1.807, 2.05) is 0 Å². The highest BCUT2D eigenvalue weighted by atomic mass is 19.1. The Morgan fingerprint density at radius 3 is 2.64 bits per heavy atom. The molecule has 33 heavy (non-hydrogen) atoms. The minimum Gasteiger partial charge on any atom is -0.451 e. The molecular weight excluding hydrogens is 431 g/mol. The van der Waals surface area contributed by atoms with Gasteiger partial charge in [-0.05, 0) is 36.6 Å². The topological polar surface area (TPSA) is 118 Å². The number of amides is 2. The molecule has 2 aliphatic rings. The van der Waals surface area contributed by atoms with Crippen LogP contribution < -0.4 is 10.6 Å². The van der Waals surface area contributed by atoms with Crippen molar-refractivity contribution in [1.29, 1.82) is 0 Å². The van der Waals surface area contributed by atoms with Gasteiger partial charge < -0.3 is 24.9 Å². The molecule has 2 amide bonds. The number of carbonyl (C=O) groups excluding carboxylic acids is 3. The van der Waals surface area contributed by atoms with Gasteiger partial charge in [0.2, 0.25) is 12.2 Å². The van der Waals surface area contributed by atoms with E-state index in [0.29, 0.717) is 17.7 Å². The van der Waals surface area contributed by atoms with Crippen LogP contribution in [0.25, 0.3) is 11.3 Å². The maximum absolute atomic E-state index is 13.5. The lowest BCUT2D eigenvalue weighted by molar-refractivity contribution is -0.155. The van der Waals surface area contributed by atoms with E-state index < -0.39 is 42.0 Å². The molecule has 1 aliphatic heterocycles. The molecule has 1 unspecified atom stereocenters. The molecular formula is C24H27FN2O6. The van der Waals surface area contributed by atoms with Gasteiger partial charge in [0.25, 0.3) is 5.91 Å². The average Bonchev–Trinajstić information content (AvgIpc) is 3.40. The summed E-state index contributed by atoms with van der Waals surface area (Å²) in [5, 5.41) is 15.2. The van der Waals surface area contributed by atoms with Crippen molar-refractivity contribution < 1.29 is 33.0 Å². The van der Waals surface area contributed by atoms with Crippen molar-refractivity contribution in [1.82, 2.24) is 10.6 Å². The lowest BCUT2D eigenvalue weighted by Gasteiger charge is -2.27. The first-order valence-electron chi connectivity index (χ1n) is 11.2. The van der Waals surface area contributed by atoms with E-state index in [2.05, 4.69) is 15.4 Å². The molecule has 176 valence electrons. The van der Waals surface area contributed by atoms with Crippen molar-refractivity contribution in [3.05, 3.63) is 48.0 Å². The number of benzene rings is 1. The Labute approximate surface area is 190 Å². The van der Waals surface area contributed by atoms with Gasteiger partial charge in [0.1, 0.15) is 23.7 Å². The number of halogens is 1. The number of aliphatic hydroxyl groups excluding tert-OH is 1. The third-order valence-electron chi connectivity index (χ3n) is 6.17. The second-order valence-electron chi connectivity index (χ2n) is 8.64. The summed E-state index contributed by atoms with van der Waals surface area (Å²) in [6.45, 7) is 0. The number of aliphatic hydroxyl groups is 1. The highest BCUT2D eigenvalue weighted by molar-refractivity contribution is 5.96. The summed E-state index contributed by atoms with van der Waals surface area (Å²) >= 11 is 0. The predicted molar refractivity (Wildman–Crippen MR) is 115 cm³/mol. The largest absolute Gasteiger partial charge is 0.451 e. The fraction of sp³-hybridized carbons (Fsp3) is 0.458. The van der Waals surface area contributed by atoms with Crippen molar-refractivity contribution in [3.8, 4) is 11.3 Å². The van der Waals surface area contributed by atoms with Gasteiger partial charge in [-0.2, -0.15) is 0 Å². The van der Waals surface area contributed by atoms with Crippen LogP contribution in [0.1, 0.15) is 55.5 Å². The first-order valence-corrected chi connectivity index (χ1v) is 11.2. The summed E-state index contributed by atoms with van der Waals surface area (Å²) in [5.74, 6) is -1.48. The smallest absolute Gasteiger partial charge is 0.310 e. The zero-order valence-electron chi connectivity index (χ0n) is 18.1. The maximum atomic E-state index is 13.5. The molecule has 8 nitrogen and oxygen atoms in total. The van der Waals surface area contributed by atoms with Crippen LogP contribution in [-0.2, 0) is 14.3 Å². The second-order valence-corrected chi connectivity index (χ2v) is 8.64. The number of hydrogen-bond acceptors (Lipinski definition) is 6. The van der Waals surface area contributed by atoms with Gasteiger partial charge in [-0.25, -0.2) is 4.39 Å². The Morgan fingerprint density at radius 1 is 1.15 bits per heavy atom. The van der Waals surface area contributed by atoms with E-state index in [1.54, 1.807) is 18.2 Å². The van der Waals surface area contributed by atoms with Crippen molar-refractivity contribution in [2.24, 2.45) is 5.92 Å². The lowest BCUT2D eigenvalue weighted by Crippen LogP contribution is -2.52. The van der Waals surface area contributed by atoms with Crippen molar-refractivity contribution in [2.45, 2.75) is 63.3 Å². The van der Waals surface area contributed by atoms with Gasteiger partial charge in [-0.15, -0.1) is 0 Å². The summed E-state index contributed by atoms with van der Waals surface area (Å²) in [7, 11) is 0. The monoisotopic (exact) mass is 458 g/mol. The summed E-state index contributed by atoms with van der Waals surface area (Å²) in [4.78, 5) is 37.3. The van der Waals surface area contributed by atoms with Gasteiger partial charge in [0, 0.05) is 5.56 Å². The van der Waals surface area contributed by atoms with E-state index in [-0.39, 0.29) is 18.1 Å². The average molecular weight is 458 g/mol. The summed E-state index contributed by atoms with van der Waals surface area (Å²) in [6, 6.07) is 7.13. The molecule has 9 heteroatoms. The zero-order chi connectivity index (χ0) is 23.4. The normalized spacial score (nSPS) is 21.9. The van der Waals surface area contributed by atoms with Crippen LogP contribution in [-0.4, -0.2) is 41.3 Å². The lowest BCUT2D eigenvalue weighted by atomic mass is 9.84. The second kappa shape index (κ2) is 10.2. The third-order valence-corrected chi connectivity index (χ3v) is 6.17. The Bertz CT molecular complexity index is 1020. The van der Waals surface area contributed by atoms with Crippen molar-refractivity contribution in [3.63, 3.8) is 0 Å². The van der Waals surface area contributed by atoms with Gasteiger partial charge in [0.15, 0.2) is 5.76 Å². The molecule has 3 atom stereocenters. The van der Waals surface area contributed by atoms with Gasteiger partial charge in [-0.3, -0.25) is 14.4 Å². The highest BCUT2D eigenvalue weighted by Crippen LogP contribution is 2.28. The Balaban J connectivity index is 1.46. The molecule has 1 saturated carbocycles. The van der Waals surface area contributed by atoms with Crippen LogP contribution >= 0.6 is 0 Å². The molecule has 2 heterocycles. The third kappa shape index (κ3) is 5.78. The molecule has 0 spiro atoms. The van der Waals surface area contributed by atoms with E-state index in [9.17, 15) is 23.9 Å². The fourth-order valence-corrected chi connectivity index (χ4v) is 4.42. The van der Waals surface area contributed by atoms with E-state index >= 15 is 0 Å². The molecule has 1 saturated heterocycles. The highest BCUT2D eigenvalue weighted by Gasteiger charge is 2.36. The molecule has 1 aromatic heterocycles. The Kier molecular flexibility index (Phi) is 7.08. The number of furan rings is 1. The fourth-order valence-electron chi connectivity index (χ4n) is 4.42. The minimum absolute atomic E-state index is 0.00452. The molecule has 2 fully saturated rings. The van der Waals surface area contributed by atoms with Crippen LogP contribution in [0.3, 0.4) is 0 Å². The number of nitrogens with one attached hydrogen (secondary N) is 2. The molecule has 2 aromatic rings. The zero-order valence-corrected chi connectivity index (χ0v) is 18.1. The Hall–Kier alpha value is -3.20. The standard InChI is InChI=1S/C24H27FN2O6/c25-16-8-4-7-15(12-16)19-9-10-20(32-19)23(30)26-17(11-14-5-2-1-3-6-14)22(29)27-18-13-21(28)33-24(18)31/h4,7-10,12,14,17-18,24,31H,1-3,5-6,11,13H2,(H,26,30)(H,27,29)/t17-,18-,24?/m0/s1. The van der Waals surface area contributed by atoms with Gasteiger partial charge in [0.05, 0.1) is 6.42 Å². The number of carbonyl (C=O) groups is 3. The first kappa shape index (κ1) is 23.0. The maximum Gasteiger partial charge on any atom is 0.310 e. The van der Waals surface area contributed by atoms with E-state index in [4.69, 9.17) is 4.42 Å². The number of cyclic esters (lactones) is 1. The number of esters is 1. The number of hydrogen-bond donors (Lipinski definition) is 3. The van der Waals surface area contributed by atoms with Crippen LogP contribution in [0, 0.1) is 11.7 Å². The quantitative estimate of drug-likeness (QED) is 0.549. The van der Waals surface area contributed by atoms with Gasteiger partial charge in [-0.1, -0.05) is 44.2 Å². The number of rotatable bonds is 7. The molecule has 1 aromatic carbocycles. The molecule has 3 N–H and O–H groups in total. The van der Waals surface area contributed by atoms with Crippen LogP contribution in [0.15, 0.2) is 40.8 Å². The van der Waals surface area contributed by atoms with Crippen LogP contribution in [0.4, 0.5) is 4.39 Å². The van der Waals surface area contributed by atoms with Crippen LogP contribution in [0.2, 0.25) is 0 Å². The summed E-state index contributed by atoms with van der Waals surface area (Å²) in [6.07, 6.45) is 4.14. The Morgan fingerprint density at radius 2 is 1.94 bits per heavy atom. The van der Waals surface area contributed by atoms with Crippen molar-refractivity contribution >= 4 is 17.8 Å². The van der Waals surface area contributed by atoms with Crippen molar-refractivity contribution in [2.75, 3.05) is 0 Å². The first-order chi connectivity index (χ1) is 15.9. The van der Waals surface area contributed by atoms with Gasteiger partial charge >= 0.3 is 5.97 Å². The summed E-state index contributed by atoms with van der Waals surface area (Å²) in [5.41, 5.74) is 0.491. The SMILES string of the molecule is O=C1C[C@H](NC(=O)[C@H](CC2CCCCC2)NC(=O)c2ccc(-c3cccc(F)c3)o2)C(O)O1. The molecule has 0 bridgehead atoms. The predicted octanol–water partition coefficient (Wildman–Crippen LogP) is 2.90. The van der Waals surface area contributed by atoms with Crippen LogP contribution in [0.5, 0.6) is 0 Å². The van der Waals surface area contributed by atoms with E-state index in [1.165, 1.54) is 18.2 Å². The summed E-state index contributed by atoms with van der Waals surface area (Å²) < 4.78 is 23.8. The van der Waals surface area contributed by atoms with E-state index in [0.717, 1.165) is 32.1 Å². The molecule has 4 rings (SSSR count).